The van der Waals surface area contributed by atoms with Gasteiger partial charge < -0.3 is 5.73 Å². The summed E-state index contributed by atoms with van der Waals surface area (Å²) >= 11 is 0. The zero-order valence-corrected chi connectivity index (χ0v) is 12.6. The minimum atomic E-state index is -0.187. The van der Waals surface area contributed by atoms with E-state index < -0.39 is 0 Å². The van der Waals surface area contributed by atoms with Crippen molar-refractivity contribution in [3.05, 3.63) is 35.6 Å². The van der Waals surface area contributed by atoms with E-state index in [-0.39, 0.29) is 17.3 Å². The standard InChI is InChI=1S/C17H28FN/c1-4-5-6-7-8-9-16(19)17(2,3)14-10-12-15(18)13-11-14/h10-13,16H,4-9,19H2,1-3H3. The first-order valence-electron chi connectivity index (χ1n) is 7.50. The van der Waals surface area contributed by atoms with Crippen LogP contribution in [-0.4, -0.2) is 6.04 Å². The molecule has 0 aromatic heterocycles. The second-order valence-electron chi connectivity index (χ2n) is 6.04. The lowest BCUT2D eigenvalue weighted by molar-refractivity contribution is 0.375. The van der Waals surface area contributed by atoms with Gasteiger partial charge in [-0.05, 0) is 24.1 Å². The molecule has 0 radical (unpaired) electrons. The van der Waals surface area contributed by atoms with Crippen molar-refractivity contribution in [2.45, 2.75) is 70.8 Å². The summed E-state index contributed by atoms with van der Waals surface area (Å²) in [6, 6.07) is 6.87. The van der Waals surface area contributed by atoms with E-state index in [0.717, 1.165) is 12.0 Å². The van der Waals surface area contributed by atoms with Gasteiger partial charge >= 0.3 is 0 Å². The Hall–Kier alpha value is -0.890. The normalized spacial score (nSPS) is 13.5. The largest absolute Gasteiger partial charge is 0.327 e. The smallest absolute Gasteiger partial charge is 0.123 e. The van der Waals surface area contributed by atoms with Crippen molar-refractivity contribution < 1.29 is 4.39 Å². The van der Waals surface area contributed by atoms with Gasteiger partial charge in [0.2, 0.25) is 0 Å². The second kappa shape index (κ2) is 7.64. The Kier molecular flexibility index (Phi) is 6.50. The van der Waals surface area contributed by atoms with Crippen molar-refractivity contribution in [2.75, 3.05) is 0 Å². The predicted octanol–water partition coefficient (Wildman–Crippen LogP) is 4.79. The first-order valence-corrected chi connectivity index (χ1v) is 7.50. The van der Waals surface area contributed by atoms with E-state index in [1.807, 2.05) is 12.1 Å². The molecular formula is C17H28FN. The molecule has 1 nitrogen and oxygen atoms in total. The third-order valence-corrected chi connectivity index (χ3v) is 4.13. The molecule has 0 spiro atoms. The Morgan fingerprint density at radius 2 is 1.63 bits per heavy atom. The molecule has 0 saturated carbocycles. The average molecular weight is 265 g/mol. The van der Waals surface area contributed by atoms with Crippen LogP contribution in [-0.2, 0) is 5.41 Å². The van der Waals surface area contributed by atoms with E-state index in [1.54, 1.807) is 0 Å². The maximum Gasteiger partial charge on any atom is 0.123 e. The Morgan fingerprint density at radius 1 is 1.05 bits per heavy atom. The lowest BCUT2D eigenvalue weighted by atomic mass is 9.76. The van der Waals surface area contributed by atoms with Gasteiger partial charge in [-0.15, -0.1) is 0 Å². The molecule has 0 aliphatic heterocycles. The lowest BCUT2D eigenvalue weighted by Gasteiger charge is -2.32. The van der Waals surface area contributed by atoms with Gasteiger partial charge in [0, 0.05) is 11.5 Å². The number of halogens is 1. The molecule has 1 atom stereocenters. The van der Waals surface area contributed by atoms with Crippen molar-refractivity contribution in [3.8, 4) is 0 Å². The van der Waals surface area contributed by atoms with Gasteiger partial charge in [-0.25, -0.2) is 4.39 Å². The minimum absolute atomic E-state index is 0.0988. The van der Waals surface area contributed by atoms with Crippen LogP contribution in [0.2, 0.25) is 0 Å². The highest BCUT2D eigenvalue weighted by Crippen LogP contribution is 2.28. The molecule has 108 valence electrons. The Bertz CT molecular complexity index is 356. The summed E-state index contributed by atoms with van der Waals surface area (Å²) in [7, 11) is 0. The van der Waals surface area contributed by atoms with E-state index >= 15 is 0 Å². The molecule has 1 aromatic carbocycles. The van der Waals surface area contributed by atoms with Crippen LogP contribution < -0.4 is 5.73 Å². The van der Waals surface area contributed by atoms with Gasteiger partial charge in [0.25, 0.3) is 0 Å². The summed E-state index contributed by atoms with van der Waals surface area (Å²) in [4.78, 5) is 0. The van der Waals surface area contributed by atoms with Crippen LogP contribution in [0.1, 0.15) is 64.9 Å². The molecule has 0 saturated heterocycles. The summed E-state index contributed by atoms with van der Waals surface area (Å²) in [5.41, 5.74) is 7.36. The third-order valence-electron chi connectivity index (χ3n) is 4.13. The zero-order chi connectivity index (χ0) is 14.3. The molecule has 0 aliphatic rings. The van der Waals surface area contributed by atoms with Crippen LogP contribution in [0.4, 0.5) is 4.39 Å². The van der Waals surface area contributed by atoms with Gasteiger partial charge in [0.1, 0.15) is 5.82 Å². The molecule has 2 N–H and O–H groups in total. The maximum atomic E-state index is 13.0. The number of hydrogen-bond donors (Lipinski definition) is 1. The SMILES string of the molecule is CCCCCCCC(N)C(C)(C)c1ccc(F)cc1. The molecule has 1 rings (SSSR count). The quantitative estimate of drug-likeness (QED) is 0.672. The molecule has 1 unspecified atom stereocenters. The molecule has 2 heteroatoms. The average Bonchev–Trinajstić information content (AvgIpc) is 2.38. The van der Waals surface area contributed by atoms with Crippen LogP contribution in [0.15, 0.2) is 24.3 Å². The molecule has 0 heterocycles. The van der Waals surface area contributed by atoms with Crippen LogP contribution in [0.25, 0.3) is 0 Å². The fourth-order valence-electron chi connectivity index (χ4n) is 2.42. The zero-order valence-electron chi connectivity index (χ0n) is 12.6. The van der Waals surface area contributed by atoms with Gasteiger partial charge in [0.15, 0.2) is 0 Å². The van der Waals surface area contributed by atoms with Crippen LogP contribution >= 0.6 is 0 Å². The molecule has 0 aliphatic carbocycles. The maximum absolute atomic E-state index is 13.0. The van der Waals surface area contributed by atoms with Crippen LogP contribution in [0, 0.1) is 5.82 Å². The fourth-order valence-corrected chi connectivity index (χ4v) is 2.42. The van der Waals surface area contributed by atoms with Gasteiger partial charge in [-0.2, -0.15) is 0 Å². The van der Waals surface area contributed by atoms with E-state index in [1.165, 1.54) is 44.2 Å². The summed E-state index contributed by atoms with van der Waals surface area (Å²) in [5, 5.41) is 0. The second-order valence-corrected chi connectivity index (χ2v) is 6.04. The van der Waals surface area contributed by atoms with Crippen molar-refractivity contribution in [1.82, 2.24) is 0 Å². The summed E-state index contributed by atoms with van der Waals surface area (Å²) in [5.74, 6) is -0.187. The summed E-state index contributed by atoms with van der Waals surface area (Å²) in [6.07, 6.45) is 7.38. The number of nitrogens with two attached hydrogens (primary N) is 1. The fraction of sp³-hybridized carbons (Fsp3) is 0.647. The van der Waals surface area contributed by atoms with Gasteiger partial charge in [-0.3, -0.25) is 0 Å². The molecule has 1 aromatic rings. The first kappa shape index (κ1) is 16.2. The van der Waals surface area contributed by atoms with Crippen molar-refractivity contribution in [1.29, 1.82) is 0 Å². The Labute approximate surface area is 117 Å². The lowest BCUT2D eigenvalue weighted by Crippen LogP contribution is -2.40. The van der Waals surface area contributed by atoms with E-state index in [9.17, 15) is 4.39 Å². The molecule has 0 fully saturated rings. The van der Waals surface area contributed by atoms with E-state index in [0.29, 0.717) is 0 Å². The van der Waals surface area contributed by atoms with Crippen molar-refractivity contribution >= 4 is 0 Å². The predicted molar refractivity (Wildman–Crippen MR) is 80.8 cm³/mol. The molecule has 0 bridgehead atoms. The molecule has 0 amide bonds. The van der Waals surface area contributed by atoms with E-state index in [2.05, 4.69) is 20.8 Å². The van der Waals surface area contributed by atoms with Crippen molar-refractivity contribution in [2.24, 2.45) is 5.73 Å². The number of hydrogen-bond acceptors (Lipinski definition) is 1. The number of benzene rings is 1. The highest BCUT2D eigenvalue weighted by Gasteiger charge is 2.27. The molecule has 19 heavy (non-hydrogen) atoms. The van der Waals surface area contributed by atoms with Gasteiger partial charge in [0.05, 0.1) is 0 Å². The van der Waals surface area contributed by atoms with Crippen LogP contribution in [0.3, 0.4) is 0 Å². The number of rotatable bonds is 8. The van der Waals surface area contributed by atoms with E-state index in [4.69, 9.17) is 5.73 Å². The minimum Gasteiger partial charge on any atom is -0.327 e. The number of unbranched alkanes of at least 4 members (excludes halogenated alkanes) is 4. The molecular weight excluding hydrogens is 237 g/mol. The highest BCUT2D eigenvalue weighted by molar-refractivity contribution is 5.26. The Morgan fingerprint density at radius 3 is 2.21 bits per heavy atom. The first-order chi connectivity index (χ1) is 8.98. The van der Waals surface area contributed by atoms with Gasteiger partial charge in [-0.1, -0.05) is 65.0 Å². The topological polar surface area (TPSA) is 26.0 Å². The Balaban J connectivity index is 2.49. The monoisotopic (exact) mass is 265 g/mol. The summed E-state index contributed by atoms with van der Waals surface area (Å²) in [6.45, 7) is 6.53. The third kappa shape index (κ3) is 4.94. The van der Waals surface area contributed by atoms with Crippen LogP contribution in [0.5, 0.6) is 0 Å². The van der Waals surface area contributed by atoms with Crippen molar-refractivity contribution in [3.63, 3.8) is 0 Å². The highest BCUT2D eigenvalue weighted by atomic mass is 19.1. The summed E-state index contributed by atoms with van der Waals surface area (Å²) < 4.78 is 13.0.